The van der Waals surface area contributed by atoms with Crippen molar-refractivity contribution < 1.29 is 0 Å². The number of alkyl halides is 1. The van der Waals surface area contributed by atoms with Crippen molar-refractivity contribution in [1.29, 1.82) is 0 Å². The van der Waals surface area contributed by atoms with Gasteiger partial charge in [-0.15, -0.1) is 10.2 Å². The van der Waals surface area contributed by atoms with E-state index in [9.17, 15) is 0 Å². The molecule has 6 heteroatoms. The van der Waals surface area contributed by atoms with Gasteiger partial charge in [-0.25, -0.2) is 4.98 Å². The first-order valence-electron chi connectivity index (χ1n) is 4.67. The van der Waals surface area contributed by atoms with Gasteiger partial charge in [0.2, 0.25) is 5.65 Å². The molecule has 0 bridgehead atoms. The molecule has 0 fully saturated rings. The summed E-state index contributed by atoms with van der Waals surface area (Å²) in [6.45, 7) is 2.12. The molecule has 15 heavy (non-hydrogen) atoms. The Balaban J connectivity index is 2.46. The molecular formula is C9H12BrN5. The summed E-state index contributed by atoms with van der Waals surface area (Å²) in [6, 6.07) is 0.361. The summed E-state index contributed by atoms with van der Waals surface area (Å²) in [5.74, 6) is 0.849. The van der Waals surface area contributed by atoms with E-state index in [1.54, 1.807) is 12.5 Å². The summed E-state index contributed by atoms with van der Waals surface area (Å²) in [6.07, 6.45) is 5.27. The molecule has 0 aliphatic carbocycles. The molecular weight excluding hydrogens is 258 g/mol. The molecule has 0 aromatic carbocycles. The van der Waals surface area contributed by atoms with E-state index in [2.05, 4.69) is 42.9 Å². The lowest BCUT2D eigenvalue weighted by Gasteiger charge is -2.23. The van der Waals surface area contributed by atoms with Gasteiger partial charge in [-0.1, -0.05) is 15.9 Å². The Bertz CT molecular complexity index is 454. The lowest BCUT2D eigenvalue weighted by atomic mass is 10.3. The molecule has 2 aromatic rings. The number of halogens is 1. The maximum Gasteiger partial charge on any atom is 0.203 e. The summed E-state index contributed by atoms with van der Waals surface area (Å²) in [7, 11) is 2.00. The fraction of sp³-hybridized carbons (Fsp3) is 0.444. The maximum absolute atomic E-state index is 4.33. The van der Waals surface area contributed by atoms with Crippen LogP contribution < -0.4 is 4.90 Å². The summed E-state index contributed by atoms with van der Waals surface area (Å²) >= 11 is 3.46. The van der Waals surface area contributed by atoms with Crippen LogP contribution in [0.3, 0.4) is 0 Å². The second-order valence-corrected chi connectivity index (χ2v) is 4.07. The monoisotopic (exact) mass is 269 g/mol. The van der Waals surface area contributed by atoms with Crippen LogP contribution in [0.2, 0.25) is 0 Å². The standard InChI is InChI=1S/C9H12BrN5/c1-7(5-10)14(2)8-9-13-12-6-15(9)4-3-11-8/h3-4,6-7H,5H2,1-2H3. The van der Waals surface area contributed by atoms with E-state index in [1.165, 1.54) is 0 Å². The molecule has 0 aliphatic rings. The Morgan fingerprint density at radius 3 is 3.13 bits per heavy atom. The second kappa shape index (κ2) is 4.14. The lowest BCUT2D eigenvalue weighted by Crippen LogP contribution is -2.31. The minimum absolute atomic E-state index is 0.361. The van der Waals surface area contributed by atoms with Crippen LogP contribution in [0.25, 0.3) is 5.65 Å². The van der Waals surface area contributed by atoms with E-state index in [-0.39, 0.29) is 0 Å². The first-order valence-corrected chi connectivity index (χ1v) is 5.79. The Hall–Kier alpha value is -1.17. The van der Waals surface area contributed by atoms with Crippen molar-refractivity contribution in [2.24, 2.45) is 0 Å². The zero-order valence-electron chi connectivity index (χ0n) is 8.63. The molecule has 1 unspecified atom stereocenters. The molecule has 2 rings (SSSR count). The molecule has 0 spiro atoms. The Morgan fingerprint density at radius 1 is 1.60 bits per heavy atom. The van der Waals surface area contributed by atoms with Crippen LogP contribution >= 0.6 is 15.9 Å². The molecule has 5 nitrogen and oxygen atoms in total. The van der Waals surface area contributed by atoms with Gasteiger partial charge in [0.15, 0.2) is 5.82 Å². The Morgan fingerprint density at radius 2 is 2.40 bits per heavy atom. The van der Waals surface area contributed by atoms with Gasteiger partial charge in [-0.3, -0.25) is 4.40 Å². The largest absolute Gasteiger partial charge is 0.353 e. The molecule has 1 atom stereocenters. The average Bonchev–Trinajstić information content (AvgIpc) is 2.74. The van der Waals surface area contributed by atoms with Crippen LogP contribution in [0.4, 0.5) is 5.82 Å². The van der Waals surface area contributed by atoms with Gasteiger partial charge < -0.3 is 4.90 Å². The smallest absolute Gasteiger partial charge is 0.203 e. The van der Waals surface area contributed by atoms with E-state index in [0.29, 0.717) is 6.04 Å². The normalized spacial score (nSPS) is 13.0. The highest BCUT2D eigenvalue weighted by atomic mass is 79.9. The van der Waals surface area contributed by atoms with Crippen molar-refractivity contribution in [3.8, 4) is 0 Å². The van der Waals surface area contributed by atoms with E-state index in [1.807, 2.05) is 17.6 Å². The third kappa shape index (κ3) is 1.81. The second-order valence-electron chi connectivity index (χ2n) is 3.43. The summed E-state index contributed by atoms with van der Waals surface area (Å²) in [4.78, 5) is 6.41. The number of fused-ring (bicyclic) bond motifs is 1. The highest BCUT2D eigenvalue weighted by Crippen LogP contribution is 2.17. The molecule has 2 aromatic heterocycles. The van der Waals surface area contributed by atoms with Crippen LogP contribution in [0.5, 0.6) is 0 Å². The molecule has 0 aliphatic heterocycles. The van der Waals surface area contributed by atoms with Crippen LogP contribution in [0.15, 0.2) is 18.7 Å². The molecule has 0 saturated heterocycles. The van der Waals surface area contributed by atoms with E-state index in [4.69, 9.17) is 0 Å². The SMILES string of the molecule is CC(CBr)N(C)c1nccn2cnnc12. The van der Waals surface area contributed by atoms with Crippen LogP contribution in [-0.2, 0) is 0 Å². The van der Waals surface area contributed by atoms with Crippen molar-refractivity contribution in [2.75, 3.05) is 17.3 Å². The van der Waals surface area contributed by atoms with Gasteiger partial charge in [0, 0.05) is 30.8 Å². The third-order valence-corrected chi connectivity index (χ3v) is 3.35. The van der Waals surface area contributed by atoms with E-state index >= 15 is 0 Å². The topological polar surface area (TPSA) is 46.3 Å². The zero-order valence-corrected chi connectivity index (χ0v) is 10.2. The van der Waals surface area contributed by atoms with Crippen molar-refractivity contribution in [1.82, 2.24) is 19.6 Å². The van der Waals surface area contributed by atoms with Crippen molar-refractivity contribution in [2.45, 2.75) is 13.0 Å². The van der Waals surface area contributed by atoms with Gasteiger partial charge in [-0.2, -0.15) is 0 Å². The predicted molar refractivity (Wildman–Crippen MR) is 62.4 cm³/mol. The number of hydrogen-bond acceptors (Lipinski definition) is 4. The summed E-state index contributed by atoms with van der Waals surface area (Å²) in [5, 5.41) is 8.80. The highest BCUT2D eigenvalue weighted by molar-refractivity contribution is 9.09. The number of hydrogen-bond donors (Lipinski definition) is 0. The van der Waals surface area contributed by atoms with Gasteiger partial charge in [0.25, 0.3) is 0 Å². The molecule has 80 valence electrons. The van der Waals surface area contributed by atoms with Gasteiger partial charge in [0.05, 0.1) is 0 Å². The van der Waals surface area contributed by atoms with Gasteiger partial charge in [-0.05, 0) is 6.92 Å². The quantitative estimate of drug-likeness (QED) is 0.790. The molecule has 0 radical (unpaired) electrons. The average molecular weight is 270 g/mol. The number of anilines is 1. The first kappa shape index (κ1) is 10.4. The Labute approximate surface area is 96.3 Å². The summed E-state index contributed by atoms with van der Waals surface area (Å²) < 4.78 is 1.86. The molecule has 0 saturated carbocycles. The van der Waals surface area contributed by atoms with Crippen molar-refractivity contribution in [3.63, 3.8) is 0 Å². The lowest BCUT2D eigenvalue weighted by molar-refractivity contribution is 0.756. The number of aromatic nitrogens is 4. The minimum Gasteiger partial charge on any atom is -0.353 e. The van der Waals surface area contributed by atoms with Crippen molar-refractivity contribution >= 4 is 27.4 Å². The zero-order chi connectivity index (χ0) is 10.8. The predicted octanol–water partition coefficient (Wildman–Crippen LogP) is 1.34. The van der Waals surface area contributed by atoms with Gasteiger partial charge >= 0.3 is 0 Å². The number of rotatable bonds is 3. The third-order valence-electron chi connectivity index (χ3n) is 2.42. The minimum atomic E-state index is 0.361. The van der Waals surface area contributed by atoms with E-state index in [0.717, 1.165) is 16.8 Å². The highest BCUT2D eigenvalue weighted by Gasteiger charge is 2.14. The van der Waals surface area contributed by atoms with Crippen molar-refractivity contribution in [3.05, 3.63) is 18.7 Å². The fourth-order valence-corrected chi connectivity index (χ4v) is 1.74. The fourth-order valence-electron chi connectivity index (χ4n) is 1.31. The Kier molecular flexibility index (Phi) is 2.86. The molecule has 2 heterocycles. The number of nitrogens with zero attached hydrogens (tertiary/aromatic N) is 5. The maximum atomic E-state index is 4.33. The van der Waals surface area contributed by atoms with Crippen LogP contribution in [0.1, 0.15) is 6.92 Å². The molecule has 0 amide bonds. The first-order chi connectivity index (χ1) is 7.24. The summed E-state index contributed by atoms with van der Waals surface area (Å²) in [5.41, 5.74) is 0.785. The van der Waals surface area contributed by atoms with Crippen LogP contribution in [0, 0.1) is 0 Å². The van der Waals surface area contributed by atoms with Crippen LogP contribution in [-0.4, -0.2) is 38.0 Å². The van der Waals surface area contributed by atoms with E-state index < -0.39 is 0 Å². The molecule has 0 N–H and O–H groups in total. The van der Waals surface area contributed by atoms with Gasteiger partial charge in [0.1, 0.15) is 6.33 Å².